The molecular weight excluding hydrogens is 450 g/mol. The number of aliphatic hydroxyl groups is 1. The monoisotopic (exact) mass is 475 g/mol. The van der Waals surface area contributed by atoms with Crippen LogP contribution in [0.4, 0.5) is 5.69 Å². The van der Waals surface area contributed by atoms with Crippen molar-refractivity contribution in [1.29, 1.82) is 0 Å². The molecule has 9 nitrogen and oxygen atoms in total. The number of para-hydroxylation sites is 1. The number of benzene rings is 1. The Hall–Kier alpha value is -3.98. The predicted octanol–water partition coefficient (Wildman–Crippen LogP) is 2.48. The number of ether oxygens (including phenoxy) is 2. The van der Waals surface area contributed by atoms with Gasteiger partial charge in [-0.2, -0.15) is 0 Å². The number of anilines is 1. The van der Waals surface area contributed by atoms with Gasteiger partial charge in [-0.05, 0) is 30.5 Å². The van der Waals surface area contributed by atoms with E-state index in [1.165, 1.54) is 10.6 Å². The molecule has 1 atom stereocenters. The van der Waals surface area contributed by atoms with Gasteiger partial charge in [0.1, 0.15) is 6.61 Å². The highest BCUT2D eigenvalue weighted by Gasteiger charge is 2.51. The van der Waals surface area contributed by atoms with Crippen molar-refractivity contribution in [2.75, 3.05) is 12.3 Å². The molecule has 0 radical (unpaired) electrons. The van der Waals surface area contributed by atoms with Crippen LogP contribution in [0.5, 0.6) is 0 Å². The van der Waals surface area contributed by atoms with Crippen molar-refractivity contribution in [3.63, 3.8) is 0 Å². The lowest BCUT2D eigenvalue weighted by Gasteiger charge is -2.36. The Morgan fingerprint density at radius 3 is 2.77 bits per heavy atom. The number of esters is 2. The maximum atomic E-state index is 13.6. The maximum Gasteiger partial charge on any atom is 0.343 e. The Morgan fingerprint density at radius 2 is 2.06 bits per heavy atom. The van der Waals surface area contributed by atoms with Crippen LogP contribution >= 0.6 is 0 Å². The molecule has 2 aromatic heterocycles. The van der Waals surface area contributed by atoms with Gasteiger partial charge in [0.15, 0.2) is 5.60 Å². The van der Waals surface area contributed by atoms with Gasteiger partial charge in [0.25, 0.3) is 5.56 Å². The SMILES string of the molecule is CCOC(=O)/C=C/c1c2c(nc3ccccc13)-c1c(N)c3c(c(=O)n1C2)COC(=O)[C@]3(O)C(C)C. The molecule has 0 aliphatic carbocycles. The number of carbonyl (C=O) groups excluding carboxylic acids is 2. The largest absolute Gasteiger partial charge is 0.463 e. The number of cyclic esters (lactones) is 1. The highest BCUT2D eigenvalue weighted by atomic mass is 16.6. The number of pyridine rings is 2. The normalized spacial score (nSPS) is 18.5. The third kappa shape index (κ3) is 3.19. The van der Waals surface area contributed by atoms with Crippen LogP contribution in [0.1, 0.15) is 43.0 Å². The first-order chi connectivity index (χ1) is 16.7. The van der Waals surface area contributed by atoms with Gasteiger partial charge in [-0.3, -0.25) is 4.79 Å². The summed E-state index contributed by atoms with van der Waals surface area (Å²) in [5.74, 6) is -1.91. The summed E-state index contributed by atoms with van der Waals surface area (Å²) >= 11 is 0. The van der Waals surface area contributed by atoms with Crippen molar-refractivity contribution in [2.24, 2.45) is 5.92 Å². The number of nitrogens with two attached hydrogens (primary N) is 1. The van der Waals surface area contributed by atoms with E-state index in [1.54, 1.807) is 26.8 Å². The minimum Gasteiger partial charge on any atom is -0.463 e. The number of rotatable bonds is 4. The van der Waals surface area contributed by atoms with Gasteiger partial charge < -0.3 is 24.9 Å². The molecule has 9 heteroatoms. The molecule has 0 bridgehead atoms. The summed E-state index contributed by atoms with van der Waals surface area (Å²) < 4.78 is 11.7. The lowest BCUT2D eigenvalue weighted by molar-refractivity contribution is -0.177. The van der Waals surface area contributed by atoms with E-state index in [1.807, 2.05) is 24.3 Å². The van der Waals surface area contributed by atoms with E-state index in [4.69, 9.17) is 20.2 Å². The summed E-state index contributed by atoms with van der Waals surface area (Å²) in [6.45, 7) is 5.20. The Labute approximate surface area is 200 Å². The number of carbonyl (C=O) groups is 2. The molecule has 3 N–H and O–H groups in total. The Kier molecular flexibility index (Phi) is 5.25. The average molecular weight is 476 g/mol. The van der Waals surface area contributed by atoms with E-state index in [0.29, 0.717) is 28.0 Å². The standard InChI is InChI=1S/C26H25N3O6/c1-4-34-19(30)10-9-14-15-7-5-6-8-18(15)28-22-16(14)11-29-23(22)21(27)20-17(24(29)31)12-35-25(32)26(20,33)13(2)3/h5-10,13,33H,4,11-12,27H2,1-3H3/b10-9+/t26-/m0/s1. The van der Waals surface area contributed by atoms with Gasteiger partial charge in [0, 0.05) is 22.6 Å². The molecule has 2 aliphatic heterocycles. The van der Waals surface area contributed by atoms with Gasteiger partial charge in [0.2, 0.25) is 0 Å². The fourth-order valence-corrected chi connectivity index (χ4v) is 4.97. The van der Waals surface area contributed by atoms with Gasteiger partial charge in [0.05, 0.1) is 41.3 Å². The highest BCUT2D eigenvalue weighted by molar-refractivity contribution is 5.98. The van der Waals surface area contributed by atoms with E-state index in [0.717, 1.165) is 5.39 Å². The smallest absolute Gasteiger partial charge is 0.343 e. The van der Waals surface area contributed by atoms with Crippen molar-refractivity contribution >= 4 is 34.6 Å². The number of fused-ring (bicyclic) bond motifs is 5. The van der Waals surface area contributed by atoms with Crippen LogP contribution in [-0.2, 0) is 37.8 Å². The first-order valence-corrected chi connectivity index (χ1v) is 11.4. The zero-order chi connectivity index (χ0) is 25.1. The molecule has 1 aromatic carbocycles. The van der Waals surface area contributed by atoms with Crippen molar-refractivity contribution in [1.82, 2.24) is 9.55 Å². The summed E-state index contributed by atoms with van der Waals surface area (Å²) in [4.78, 5) is 43.1. The molecule has 0 saturated heterocycles. The molecule has 0 unspecified atom stereocenters. The van der Waals surface area contributed by atoms with Crippen molar-refractivity contribution in [3.8, 4) is 11.4 Å². The second-order valence-corrected chi connectivity index (χ2v) is 8.96. The summed E-state index contributed by atoms with van der Waals surface area (Å²) in [5.41, 5.74) is 7.39. The second-order valence-electron chi connectivity index (χ2n) is 8.96. The summed E-state index contributed by atoms with van der Waals surface area (Å²) in [5, 5.41) is 12.2. The van der Waals surface area contributed by atoms with Gasteiger partial charge in [-0.15, -0.1) is 0 Å². The quantitative estimate of drug-likeness (QED) is 0.340. The Bertz CT molecular complexity index is 1500. The van der Waals surface area contributed by atoms with Crippen LogP contribution in [0.15, 0.2) is 35.1 Å². The van der Waals surface area contributed by atoms with Crippen LogP contribution in [0.2, 0.25) is 0 Å². The van der Waals surface area contributed by atoms with Crippen LogP contribution in [0.25, 0.3) is 28.4 Å². The molecule has 0 spiro atoms. The summed E-state index contributed by atoms with van der Waals surface area (Å²) in [6.07, 6.45) is 3.00. The molecule has 0 saturated carbocycles. The van der Waals surface area contributed by atoms with E-state index in [9.17, 15) is 19.5 Å². The number of hydrogen-bond acceptors (Lipinski definition) is 8. The van der Waals surface area contributed by atoms with Gasteiger partial charge >= 0.3 is 11.9 Å². The van der Waals surface area contributed by atoms with Crippen LogP contribution in [-0.4, -0.2) is 33.2 Å². The first-order valence-electron chi connectivity index (χ1n) is 11.4. The van der Waals surface area contributed by atoms with E-state index in [-0.39, 0.29) is 36.6 Å². The van der Waals surface area contributed by atoms with Crippen LogP contribution < -0.4 is 11.3 Å². The molecule has 2 aliphatic rings. The fraction of sp³-hybridized carbons (Fsp3) is 0.308. The highest BCUT2D eigenvalue weighted by Crippen LogP contribution is 2.46. The third-order valence-corrected chi connectivity index (χ3v) is 6.73. The minimum atomic E-state index is -2.06. The molecule has 35 heavy (non-hydrogen) atoms. The maximum absolute atomic E-state index is 13.6. The Morgan fingerprint density at radius 1 is 1.31 bits per heavy atom. The molecule has 0 fully saturated rings. The molecule has 180 valence electrons. The molecule has 4 heterocycles. The zero-order valence-electron chi connectivity index (χ0n) is 19.6. The van der Waals surface area contributed by atoms with Gasteiger partial charge in [-0.1, -0.05) is 32.0 Å². The summed E-state index contributed by atoms with van der Waals surface area (Å²) in [6, 6.07) is 7.42. The van der Waals surface area contributed by atoms with Gasteiger partial charge in [-0.25, -0.2) is 14.6 Å². The summed E-state index contributed by atoms with van der Waals surface area (Å²) in [7, 11) is 0. The minimum absolute atomic E-state index is 0.0893. The number of nitrogens with zero attached hydrogens (tertiary/aromatic N) is 2. The van der Waals surface area contributed by atoms with Crippen LogP contribution in [0.3, 0.4) is 0 Å². The zero-order valence-corrected chi connectivity index (χ0v) is 19.6. The predicted molar refractivity (Wildman–Crippen MR) is 129 cm³/mol. The molecule has 0 amide bonds. The first kappa shape index (κ1) is 22.8. The van der Waals surface area contributed by atoms with Crippen molar-refractivity contribution in [3.05, 3.63) is 62.9 Å². The van der Waals surface area contributed by atoms with Crippen LogP contribution in [0, 0.1) is 5.92 Å². The van der Waals surface area contributed by atoms with E-state index < -0.39 is 29.0 Å². The number of aromatic nitrogens is 2. The topological polar surface area (TPSA) is 134 Å². The number of hydrogen-bond donors (Lipinski definition) is 2. The molecule has 3 aromatic rings. The molecule has 5 rings (SSSR count). The molecular formula is C26H25N3O6. The average Bonchev–Trinajstić information content (AvgIpc) is 3.21. The van der Waals surface area contributed by atoms with Crippen molar-refractivity contribution in [2.45, 2.75) is 39.5 Å². The Balaban J connectivity index is 1.82. The lowest BCUT2D eigenvalue weighted by atomic mass is 9.78. The third-order valence-electron chi connectivity index (χ3n) is 6.73. The fourth-order valence-electron chi connectivity index (χ4n) is 4.97. The number of nitrogen functional groups attached to an aromatic ring is 1. The van der Waals surface area contributed by atoms with E-state index >= 15 is 0 Å². The lowest BCUT2D eigenvalue weighted by Crippen LogP contribution is -2.48. The second kappa shape index (κ2) is 8.06. The van der Waals surface area contributed by atoms with Crippen molar-refractivity contribution < 1.29 is 24.2 Å². The van der Waals surface area contributed by atoms with E-state index in [2.05, 4.69) is 0 Å².